The van der Waals surface area contributed by atoms with E-state index >= 15 is 0 Å². The largest absolute Gasteiger partial charge is 0.482 e. The molecule has 1 saturated heterocycles. The molecule has 6 heteroatoms. The van der Waals surface area contributed by atoms with Gasteiger partial charge in [-0.05, 0) is 38.4 Å². The Kier molecular flexibility index (Phi) is 4.54. The lowest BCUT2D eigenvalue weighted by Crippen LogP contribution is -2.52. The van der Waals surface area contributed by atoms with Crippen molar-refractivity contribution in [2.75, 3.05) is 6.54 Å². The van der Waals surface area contributed by atoms with Crippen molar-refractivity contribution in [3.8, 4) is 5.75 Å². The number of benzene rings is 1. The molecule has 0 aromatic heterocycles. The molecule has 110 valence electrons. The molecule has 0 bridgehead atoms. The maximum atomic E-state index is 13.7. The average molecular weight is 284 g/mol. The predicted molar refractivity (Wildman–Crippen MR) is 70.6 cm³/mol. The topological polar surface area (TPSA) is 50.4 Å². The molecule has 1 aliphatic rings. The zero-order valence-electron chi connectivity index (χ0n) is 11.2. The quantitative estimate of drug-likeness (QED) is 0.888. The number of halogens is 2. The van der Waals surface area contributed by atoms with Gasteiger partial charge in [0.25, 0.3) is 0 Å². The van der Waals surface area contributed by atoms with Gasteiger partial charge >= 0.3 is 12.0 Å². The zero-order chi connectivity index (χ0) is 14.6. The first kappa shape index (κ1) is 14.7. The van der Waals surface area contributed by atoms with Crippen LogP contribution < -0.4 is 15.4 Å². The summed E-state index contributed by atoms with van der Waals surface area (Å²) in [5.41, 5.74) is 0. The van der Waals surface area contributed by atoms with Gasteiger partial charge in [0.1, 0.15) is 5.75 Å². The predicted octanol–water partition coefficient (Wildman–Crippen LogP) is 1.91. The van der Waals surface area contributed by atoms with E-state index < -0.39 is 12.0 Å². The van der Waals surface area contributed by atoms with Crippen molar-refractivity contribution in [2.45, 2.75) is 38.0 Å². The van der Waals surface area contributed by atoms with Gasteiger partial charge in [-0.25, -0.2) is 0 Å². The van der Waals surface area contributed by atoms with Crippen molar-refractivity contribution in [3.05, 3.63) is 30.3 Å². The Hall–Kier alpha value is -1.69. The van der Waals surface area contributed by atoms with Crippen LogP contribution in [0.4, 0.5) is 8.78 Å². The molecule has 0 radical (unpaired) electrons. The van der Waals surface area contributed by atoms with Crippen LogP contribution in [0.25, 0.3) is 0 Å². The van der Waals surface area contributed by atoms with Crippen LogP contribution in [0.2, 0.25) is 0 Å². The molecule has 1 aliphatic heterocycles. The van der Waals surface area contributed by atoms with Crippen LogP contribution in [-0.4, -0.2) is 30.6 Å². The maximum absolute atomic E-state index is 13.7. The number of carbonyl (C=O) groups is 1. The molecule has 1 fully saturated rings. The van der Waals surface area contributed by atoms with Crippen molar-refractivity contribution in [2.24, 2.45) is 0 Å². The summed E-state index contributed by atoms with van der Waals surface area (Å²) >= 11 is 0. The van der Waals surface area contributed by atoms with E-state index in [9.17, 15) is 13.6 Å². The fourth-order valence-corrected chi connectivity index (χ4v) is 2.22. The number of hydrogen-bond donors (Lipinski definition) is 2. The minimum Gasteiger partial charge on any atom is -0.425 e. The fourth-order valence-electron chi connectivity index (χ4n) is 2.22. The highest BCUT2D eigenvalue weighted by Gasteiger charge is 2.43. The third-order valence-electron chi connectivity index (χ3n) is 3.21. The Bertz CT molecular complexity index is 454. The van der Waals surface area contributed by atoms with E-state index in [1.54, 1.807) is 18.2 Å². The summed E-state index contributed by atoms with van der Waals surface area (Å²) < 4.78 is 31.9. The lowest BCUT2D eigenvalue weighted by atomic mass is 10.0. The van der Waals surface area contributed by atoms with Crippen LogP contribution in [-0.2, 0) is 4.79 Å². The first-order chi connectivity index (χ1) is 9.47. The Morgan fingerprint density at radius 3 is 2.75 bits per heavy atom. The van der Waals surface area contributed by atoms with Crippen molar-refractivity contribution >= 4 is 5.91 Å². The number of carbonyl (C=O) groups excluding carboxylic acids is 1. The van der Waals surface area contributed by atoms with Crippen molar-refractivity contribution < 1.29 is 18.3 Å². The van der Waals surface area contributed by atoms with E-state index in [1.807, 2.05) is 6.92 Å². The average Bonchev–Trinajstić information content (AvgIpc) is 2.39. The molecule has 1 aromatic rings. The third-order valence-corrected chi connectivity index (χ3v) is 3.21. The molecule has 0 saturated carbocycles. The minimum atomic E-state index is -3.87. The van der Waals surface area contributed by atoms with Crippen molar-refractivity contribution in [1.29, 1.82) is 0 Å². The van der Waals surface area contributed by atoms with E-state index in [0.717, 1.165) is 0 Å². The number of hydrogen-bond acceptors (Lipinski definition) is 3. The van der Waals surface area contributed by atoms with Gasteiger partial charge in [-0.15, -0.1) is 0 Å². The summed E-state index contributed by atoms with van der Waals surface area (Å²) in [6.45, 7) is 2.66. The van der Waals surface area contributed by atoms with Gasteiger partial charge in [-0.2, -0.15) is 8.78 Å². The lowest BCUT2D eigenvalue weighted by molar-refractivity contribution is -0.193. The highest BCUT2D eigenvalue weighted by molar-refractivity contribution is 5.82. The first-order valence-corrected chi connectivity index (χ1v) is 6.63. The molecule has 2 atom stereocenters. The third kappa shape index (κ3) is 3.90. The van der Waals surface area contributed by atoms with Gasteiger partial charge in [0.05, 0.1) is 0 Å². The van der Waals surface area contributed by atoms with Crippen LogP contribution in [0, 0.1) is 0 Å². The molecular formula is C14H18F2N2O2. The molecule has 0 spiro atoms. The molecule has 1 heterocycles. The highest BCUT2D eigenvalue weighted by Crippen LogP contribution is 2.22. The monoisotopic (exact) mass is 284 g/mol. The number of rotatable bonds is 4. The Morgan fingerprint density at radius 1 is 1.40 bits per heavy atom. The fraction of sp³-hybridized carbons (Fsp3) is 0.500. The summed E-state index contributed by atoms with van der Waals surface area (Å²) in [7, 11) is 0. The van der Waals surface area contributed by atoms with E-state index in [1.165, 1.54) is 12.1 Å². The summed E-state index contributed by atoms with van der Waals surface area (Å²) in [5, 5.41) is 5.55. The summed E-state index contributed by atoms with van der Waals surface area (Å²) in [6.07, 6.45) is -2.60. The second kappa shape index (κ2) is 6.17. The van der Waals surface area contributed by atoms with Crippen LogP contribution in [0.3, 0.4) is 0 Å². The SMILES string of the molecule is CC1CC(NC(=O)C(F)(F)Oc2ccccc2)CCN1. The Balaban J connectivity index is 1.93. The number of nitrogens with one attached hydrogen (secondary N) is 2. The van der Waals surface area contributed by atoms with E-state index in [0.29, 0.717) is 19.4 Å². The molecule has 2 rings (SSSR count). The lowest BCUT2D eigenvalue weighted by Gasteiger charge is -2.29. The molecule has 2 unspecified atom stereocenters. The Labute approximate surface area is 116 Å². The number of para-hydroxylation sites is 1. The van der Waals surface area contributed by atoms with E-state index in [2.05, 4.69) is 15.4 Å². The molecule has 2 N–H and O–H groups in total. The molecular weight excluding hydrogens is 266 g/mol. The van der Waals surface area contributed by atoms with Gasteiger partial charge < -0.3 is 15.4 Å². The van der Waals surface area contributed by atoms with Crippen LogP contribution >= 0.6 is 0 Å². The van der Waals surface area contributed by atoms with Crippen LogP contribution in [0.15, 0.2) is 30.3 Å². The number of alkyl halides is 2. The van der Waals surface area contributed by atoms with Gasteiger partial charge in [0.15, 0.2) is 0 Å². The van der Waals surface area contributed by atoms with E-state index in [-0.39, 0.29) is 17.8 Å². The number of ether oxygens (including phenoxy) is 1. The van der Waals surface area contributed by atoms with E-state index in [4.69, 9.17) is 0 Å². The maximum Gasteiger partial charge on any atom is 0.482 e. The summed E-state index contributed by atoms with van der Waals surface area (Å²) in [6, 6.07) is 7.54. The van der Waals surface area contributed by atoms with Crippen molar-refractivity contribution in [1.82, 2.24) is 10.6 Å². The highest BCUT2D eigenvalue weighted by atomic mass is 19.3. The molecule has 1 amide bonds. The van der Waals surface area contributed by atoms with Gasteiger partial charge in [-0.1, -0.05) is 18.2 Å². The Morgan fingerprint density at radius 2 is 2.10 bits per heavy atom. The van der Waals surface area contributed by atoms with Gasteiger partial charge in [-0.3, -0.25) is 4.79 Å². The second-order valence-corrected chi connectivity index (χ2v) is 4.98. The summed E-state index contributed by atoms with van der Waals surface area (Å²) in [5.74, 6) is -1.42. The number of amides is 1. The normalized spacial score (nSPS) is 23.1. The van der Waals surface area contributed by atoms with Crippen LogP contribution in [0.1, 0.15) is 19.8 Å². The van der Waals surface area contributed by atoms with Crippen LogP contribution in [0.5, 0.6) is 5.75 Å². The van der Waals surface area contributed by atoms with Gasteiger partial charge in [0.2, 0.25) is 0 Å². The van der Waals surface area contributed by atoms with Gasteiger partial charge in [0, 0.05) is 12.1 Å². The molecule has 1 aromatic carbocycles. The molecule has 4 nitrogen and oxygen atoms in total. The first-order valence-electron chi connectivity index (χ1n) is 6.63. The summed E-state index contributed by atoms with van der Waals surface area (Å²) in [4.78, 5) is 11.6. The second-order valence-electron chi connectivity index (χ2n) is 4.98. The standard InChI is InChI=1S/C14H18F2N2O2/c1-10-9-11(7-8-17-10)18-13(19)14(15,16)20-12-5-3-2-4-6-12/h2-6,10-11,17H,7-9H2,1H3,(H,18,19). The van der Waals surface area contributed by atoms with Crippen molar-refractivity contribution in [3.63, 3.8) is 0 Å². The smallest absolute Gasteiger partial charge is 0.425 e. The minimum absolute atomic E-state index is 0.0358. The molecule has 0 aliphatic carbocycles. The zero-order valence-corrected chi connectivity index (χ0v) is 11.2. The molecule has 20 heavy (non-hydrogen) atoms. The number of piperidine rings is 1.